The second-order valence-corrected chi connectivity index (χ2v) is 6.49. The Bertz CT molecular complexity index is 703. The Morgan fingerprint density at radius 2 is 1.96 bits per heavy atom. The molecule has 1 heterocycles. The molecule has 0 saturated heterocycles. The highest BCUT2D eigenvalue weighted by Crippen LogP contribution is 2.23. The van der Waals surface area contributed by atoms with Crippen LogP contribution in [0.1, 0.15) is 31.6 Å². The Hall–Kier alpha value is -2.34. The van der Waals surface area contributed by atoms with Crippen LogP contribution in [0.2, 0.25) is 0 Å². The zero-order valence-corrected chi connectivity index (χ0v) is 14.0. The van der Waals surface area contributed by atoms with Gasteiger partial charge in [-0.3, -0.25) is 14.5 Å². The van der Waals surface area contributed by atoms with Gasteiger partial charge in [0.05, 0.1) is 19.1 Å². The van der Waals surface area contributed by atoms with Gasteiger partial charge in [0, 0.05) is 11.4 Å². The monoisotopic (exact) mass is 329 g/mol. The van der Waals surface area contributed by atoms with E-state index in [2.05, 4.69) is 10.6 Å². The molecule has 1 fully saturated rings. The second-order valence-electron chi connectivity index (χ2n) is 6.49. The Labute approximate surface area is 141 Å². The van der Waals surface area contributed by atoms with Crippen LogP contribution in [0.4, 0.5) is 0 Å². The zero-order valence-electron chi connectivity index (χ0n) is 14.0. The third-order valence-electron chi connectivity index (χ3n) is 4.02. The van der Waals surface area contributed by atoms with Crippen molar-refractivity contribution in [2.75, 3.05) is 20.1 Å². The van der Waals surface area contributed by atoms with Crippen LogP contribution in [0.5, 0.6) is 0 Å². The molecule has 0 spiro atoms. The number of likely N-dealkylation sites (N-methyl/N-ethyl adjacent to an activating group) is 1. The fourth-order valence-corrected chi connectivity index (χ4v) is 2.62. The highest BCUT2D eigenvalue weighted by Gasteiger charge is 2.24. The van der Waals surface area contributed by atoms with Gasteiger partial charge in [0.15, 0.2) is 0 Å². The van der Waals surface area contributed by atoms with Crippen LogP contribution in [0.15, 0.2) is 34.7 Å². The fraction of sp³-hybridized carbons (Fsp3) is 0.444. The first kappa shape index (κ1) is 16.5. The number of rotatable bonds is 7. The Kier molecular flexibility index (Phi) is 4.85. The summed E-state index contributed by atoms with van der Waals surface area (Å²) in [5.41, 5.74) is 0.808. The van der Waals surface area contributed by atoms with Gasteiger partial charge in [-0.05, 0) is 38.9 Å². The second kappa shape index (κ2) is 7.05. The summed E-state index contributed by atoms with van der Waals surface area (Å²) < 4.78 is 5.76. The fourth-order valence-electron chi connectivity index (χ4n) is 2.62. The van der Waals surface area contributed by atoms with Crippen molar-refractivity contribution in [2.45, 2.75) is 31.8 Å². The zero-order chi connectivity index (χ0) is 17.1. The summed E-state index contributed by atoms with van der Waals surface area (Å²) in [4.78, 5) is 25.6. The Morgan fingerprint density at radius 1 is 1.25 bits per heavy atom. The van der Waals surface area contributed by atoms with Crippen molar-refractivity contribution in [3.05, 3.63) is 36.1 Å². The van der Waals surface area contributed by atoms with Crippen LogP contribution in [0, 0.1) is 0 Å². The van der Waals surface area contributed by atoms with Crippen molar-refractivity contribution >= 4 is 22.8 Å². The smallest absolute Gasteiger partial charge is 0.234 e. The summed E-state index contributed by atoms with van der Waals surface area (Å²) >= 11 is 0. The van der Waals surface area contributed by atoms with E-state index in [1.54, 1.807) is 11.9 Å². The van der Waals surface area contributed by atoms with Crippen molar-refractivity contribution in [3.8, 4) is 0 Å². The highest BCUT2D eigenvalue weighted by atomic mass is 16.3. The average Bonchev–Trinajstić information content (AvgIpc) is 3.21. The van der Waals surface area contributed by atoms with Gasteiger partial charge in [0.1, 0.15) is 11.3 Å². The van der Waals surface area contributed by atoms with E-state index in [0.29, 0.717) is 6.04 Å². The molecular formula is C18H23N3O3. The lowest BCUT2D eigenvalue weighted by Gasteiger charge is -2.17. The third-order valence-corrected chi connectivity index (χ3v) is 4.02. The quantitative estimate of drug-likeness (QED) is 0.812. The molecule has 1 aromatic carbocycles. The molecule has 2 aromatic rings. The average molecular weight is 329 g/mol. The van der Waals surface area contributed by atoms with Crippen molar-refractivity contribution < 1.29 is 14.0 Å². The minimum Gasteiger partial charge on any atom is -0.459 e. The molecule has 2 N–H and O–H groups in total. The number of nitrogens with one attached hydrogen (secondary N) is 2. The Morgan fingerprint density at radius 3 is 2.67 bits per heavy atom. The van der Waals surface area contributed by atoms with E-state index >= 15 is 0 Å². The predicted octanol–water partition coefficient (Wildman–Crippen LogP) is 1.82. The number of amides is 2. The lowest BCUT2D eigenvalue weighted by Crippen LogP contribution is -2.41. The standard InChI is InChI=1S/C18H23N3O3/c1-12(16-9-13-5-3-4-6-15(13)24-16)19-17(22)10-21(2)11-18(23)20-14-7-8-14/h3-6,9,12,14H,7-8,10-11H2,1-2H3,(H,19,22)(H,20,23)/t12-/m0/s1. The lowest BCUT2D eigenvalue weighted by atomic mass is 10.2. The van der Waals surface area contributed by atoms with E-state index < -0.39 is 0 Å². The molecule has 1 aliphatic carbocycles. The summed E-state index contributed by atoms with van der Waals surface area (Å²) in [7, 11) is 1.76. The van der Waals surface area contributed by atoms with Crippen molar-refractivity contribution in [1.82, 2.24) is 15.5 Å². The molecule has 0 aliphatic heterocycles. The third kappa shape index (κ3) is 4.35. The summed E-state index contributed by atoms with van der Waals surface area (Å²) in [5, 5.41) is 6.84. The number of para-hydroxylation sites is 1. The number of carbonyl (C=O) groups excluding carboxylic acids is 2. The van der Waals surface area contributed by atoms with Crippen LogP contribution < -0.4 is 10.6 Å². The minimum absolute atomic E-state index is 0.0295. The van der Waals surface area contributed by atoms with Crippen LogP contribution in [0.25, 0.3) is 11.0 Å². The molecule has 1 saturated carbocycles. The van der Waals surface area contributed by atoms with Crippen molar-refractivity contribution in [1.29, 1.82) is 0 Å². The lowest BCUT2D eigenvalue weighted by molar-refractivity contribution is -0.125. The summed E-state index contributed by atoms with van der Waals surface area (Å²) in [6.45, 7) is 2.28. The first-order valence-electron chi connectivity index (χ1n) is 8.27. The van der Waals surface area contributed by atoms with Crippen LogP contribution >= 0.6 is 0 Å². The van der Waals surface area contributed by atoms with E-state index in [4.69, 9.17) is 4.42 Å². The highest BCUT2D eigenvalue weighted by molar-refractivity contribution is 5.82. The van der Waals surface area contributed by atoms with Gasteiger partial charge in [-0.25, -0.2) is 0 Å². The van der Waals surface area contributed by atoms with E-state index in [1.165, 1.54) is 0 Å². The van der Waals surface area contributed by atoms with Crippen molar-refractivity contribution in [3.63, 3.8) is 0 Å². The molecule has 0 bridgehead atoms. The maximum absolute atomic E-state index is 12.1. The van der Waals surface area contributed by atoms with Gasteiger partial charge < -0.3 is 15.1 Å². The molecule has 3 rings (SSSR count). The molecule has 0 radical (unpaired) electrons. The number of fused-ring (bicyclic) bond motifs is 1. The van der Waals surface area contributed by atoms with Crippen LogP contribution in [-0.2, 0) is 9.59 Å². The van der Waals surface area contributed by atoms with Gasteiger partial charge in [0.2, 0.25) is 11.8 Å². The first-order valence-corrected chi connectivity index (χ1v) is 8.27. The molecule has 2 amide bonds. The first-order chi connectivity index (χ1) is 11.5. The van der Waals surface area contributed by atoms with Crippen LogP contribution in [-0.4, -0.2) is 42.9 Å². The molecule has 1 atom stereocenters. The minimum atomic E-state index is -0.224. The molecule has 128 valence electrons. The van der Waals surface area contributed by atoms with Crippen molar-refractivity contribution in [2.24, 2.45) is 0 Å². The molecule has 6 heteroatoms. The molecule has 1 aromatic heterocycles. The van der Waals surface area contributed by atoms with E-state index in [1.807, 2.05) is 37.3 Å². The molecule has 24 heavy (non-hydrogen) atoms. The van der Waals surface area contributed by atoms with Gasteiger partial charge in [0.25, 0.3) is 0 Å². The number of furan rings is 1. The number of carbonyl (C=O) groups is 2. The van der Waals surface area contributed by atoms with Gasteiger partial charge in [-0.15, -0.1) is 0 Å². The Balaban J connectivity index is 1.48. The summed E-state index contributed by atoms with van der Waals surface area (Å²) in [6.07, 6.45) is 2.12. The van der Waals surface area contributed by atoms with Crippen LogP contribution in [0.3, 0.4) is 0 Å². The molecule has 0 unspecified atom stereocenters. The molecule has 1 aliphatic rings. The van der Waals surface area contributed by atoms with E-state index in [-0.39, 0.29) is 30.9 Å². The summed E-state index contributed by atoms with van der Waals surface area (Å²) in [5.74, 6) is 0.557. The van der Waals surface area contributed by atoms with Gasteiger partial charge in [-0.2, -0.15) is 0 Å². The SMILES string of the molecule is C[C@H](NC(=O)CN(C)CC(=O)NC1CC1)c1cc2ccccc2o1. The normalized spacial score (nSPS) is 15.5. The van der Waals surface area contributed by atoms with E-state index in [0.717, 1.165) is 29.6 Å². The summed E-state index contributed by atoms with van der Waals surface area (Å²) in [6, 6.07) is 9.80. The largest absolute Gasteiger partial charge is 0.459 e. The number of hydrogen-bond acceptors (Lipinski definition) is 4. The molecule has 6 nitrogen and oxygen atoms in total. The maximum Gasteiger partial charge on any atom is 0.234 e. The predicted molar refractivity (Wildman–Crippen MR) is 91.4 cm³/mol. The number of nitrogens with zero attached hydrogens (tertiary/aromatic N) is 1. The van der Waals surface area contributed by atoms with Gasteiger partial charge in [-0.1, -0.05) is 18.2 Å². The number of hydrogen-bond donors (Lipinski definition) is 2. The molecular weight excluding hydrogens is 306 g/mol. The van der Waals surface area contributed by atoms with Gasteiger partial charge >= 0.3 is 0 Å². The van der Waals surface area contributed by atoms with E-state index in [9.17, 15) is 9.59 Å². The maximum atomic E-state index is 12.1. The number of benzene rings is 1. The topological polar surface area (TPSA) is 74.6 Å².